The lowest BCUT2D eigenvalue weighted by atomic mass is 10.1. The number of carboxylic acid groups (broad SMARTS) is 1. The van der Waals surface area contributed by atoms with Gasteiger partial charge in [0.25, 0.3) is 15.9 Å². The summed E-state index contributed by atoms with van der Waals surface area (Å²) in [6.07, 6.45) is 0.349. The Morgan fingerprint density at radius 2 is 1.70 bits per heavy atom. The Balaban J connectivity index is 1.73. The van der Waals surface area contributed by atoms with E-state index >= 15 is 0 Å². The average molecular weight is 473 g/mol. The van der Waals surface area contributed by atoms with Crippen molar-refractivity contribution in [2.45, 2.75) is 17.4 Å². The second-order valence-electron chi connectivity index (χ2n) is 6.71. The molecule has 3 N–H and O–H groups in total. The second kappa shape index (κ2) is 8.25. The third-order valence-electron chi connectivity index (χ3n) is 4.43. The molecule has 2 aromatic carbocycles. The Morgan fingerprint density at radius 1 is 1.07 bits per heavy atom. The van der Waals surface area contributed by atoms with Crippen LogP contribution in [0.3, 0.4) is 0 Å². The van der Waals surface area contributed by atoms with E-state index in [1.807, 2.05) is 0 Å². The molecule has 1 heterocycles. The molecule has 1 aliphatic rings. The topological polar surface area (TPSA) is 147 Å². The van der Waals surface area contributed by atoms with E-state index < -0.39 is 42.7 Å². The fourth-order valence-electron chi connectivity index (χ4n) is 2.92. The number of aromatic carboxylic acids is 1. The zero-order valence-electron chi connectivity index (χ0n) is 15.3. The van der Waals surface area contributed by atoms with Gasteiger partial charge in [0.15, 0.2) is 9.84 Å². The molecule has 1 saturated heterocycles. The van der Waals surface area contributed by atoms with E-state index in [1.54, 1.807) is 0 Å². The van der Waals surface area contributed by atoms with Crippen LogP contribution in [0.5, 0.6) is 0 Å². The van der Waals surface area contributed by atoms with Crippen LogP contribution in [0, 0.1) is 0 Å². The summed E-state index contributed by atoms with van der Waals surface area (Å²) in [4.78, 5) is 22.9. The van der Waals surface area contributed by atoms with Crippen LogP contribution in [0.4, 0.5) is 5.69 Å². The van der Waals surface area contributed by atoms with E-state index in [1.165, 1.54) is 36.4 Å². The van der Waals surface area contributed by atoms with E-state index in [2.05, 4.69) is 10.0 Å². The highest BCUT2D eigenvalue weighted by Crippen LogP contribution is 2.25. The number of nitrogens with one attached hydrogen (secondary N) is 2. The molecule has 1 aliphatic heterocycles. The van der Waals surface area contributed by atoms with E-state index in [4.69, 9.17) is 16.7 Å². The van der Waals surface area contributed by atoms with Crippen molar-refractivity contribution >= 4 is 49.0 Å². The minimum atomic E-state index is -4.18. The zero-order chi connectivity index (χ0) is 22.1. The molecule has 2 aromatic rings. The van der Waals surface area contributed by atoms with Gasteiger partial charge in [-0.25, -0.2) is 21.6 Å². The lowest BCUT2D eigenvalue weighted by Gasteiger charge is -2.12. The van der Waals surface area contributed by atoms with E-state index in [0.29, 0.717) is 6.42 Å². The summed E-state index contributed by atoms with van der Waals surface area (Å²) in [7, 11) is -7.30. The normalized spacial score (nSPS) is 18.0. The average Bonchev–Trinajstić information content (AvgIpc) is 3.00. The molecular weight excluding hydrogens is 456 g/mol. The second-order valence-corrected chi connectivity index (χ2v) is 11.0. The molecule has 0 aliphatic carbocycles. The minimum absolute atomic E-state index is 0.0320. The Kier molecular flexibility index (Phi) is 6.06. The van der Waals surface area contributed by atoms with Crippen molar-refractivity contribution in [3.8, 4) is 0 Å². The first-order valence-electron chi connectivity index (χ1n) is 8.64. The number of rotatable bonds is 6. The van der Waals surface area contributed by atoms with Crippen molar-refractivity contribution in [1.82, 2.24) is 5.32 Å². The summed E-state index contributed by atoms with van der Waals surface area (Å²) in [6.45, 7) is 0. The number of halogens is 1. The van der Waals surface area contributed by atoms with Gasteiger partial charge >= 0.3 is 5.97 Å². The summed E-state index contributed by atoms with van der Waals surface area (Å²) >= 11 is 5.91. The van der Waals surface area contributed by atoms with Crippen molar-refractivity contribution < 1.29 is 31.5 Å². The zero-order valence-corrected chi connectivity index (χ0v) is 17.7. The monoisotopic (exact) mass is 472 g/mol. The smallest absolute Gasteiger partial charge is 0.335 e. The van der Waals surface area contributed by atoms with Crippen molar-refractivity contribution in [2.24, 2.45) is 0 Å². The summed E-state index contributed by atoms with van der Waals surface area (Å²) in [6, 6.07) is 8.33. The molecule has 1 atom stereocenters. The van der Waals surface area contributed by atoms with Gasteiger partial charge < -0.3 is 10.4 Å². The van der Waals surface area contributed by atoms with E-state index in [9.17, 15) is 26.4 Å². The quantitative estimate of drug-likeness (QED) is 0.580. The number of anilines is 1. The third-order valence-corrected chi connectivity index (χ3v) is 8.07. The van der Waals surface area contributed by atoms with Gasteiger partial charge in [-0.1, -0.05) is 11.6 Å². The molecule has 1 fully saturated rings. The maximum Gasteiger partial charge on any atom is 0.335 e. The van der Waals surface area contributed by atoms with Gasteiger partial charge in [-0.2, -0.15) is 0 Å². The molecule has 1 amide bonds. The summed E-state index contributed by atoms with van der Waals surface area (Å²) < 4.78 is 50.4. The highest BCUT2D eigenvalue weighted by Gasteiger charge is 2.29. The van der Waals surface area contributed by atoms with E-state index in [0.717, 1.165) is 6.07 Å². The highest BCUT2D eigenvalue weighted by molar-refractivity contribution is 7.93. The molecular formula is C18H17ClN2O7S2. The van der Waals surface area contributed by atoms with Crippen LogP contribution in [0.2, 0.25) is 5.02 Å². The number of hydrogen-bond acceptors (Lipinski definition) is 6. The van der Waals surface area contributed by atoms with Crippen LogP contribution < -0.4 is 10.0 Å². The molecule has 9 nitrogen and oxygen atoms in total. The highest BCUT2D eigenvalue weighted by atomic mass is 35.5. The number of carbonyl (C=O) groups excluding carboxylic acids is 1. The van der Waals surface area contributed by atoms with Crippen molar-refractivity contribution in [3.05, 3.63) is 58.6 Å². The molecule has 0 radical (unpaired) electrons. The van der Waals surface area contributed by atoms with Crippen LogP contribution >= 0.6 is 11.6 Å². The van der Waals surface area contributed by atoms with Gasteiger partial charge in [-0.05, 0) is 48.9 Å². The molecule has 0 saturated carbocycles. The van der Waals surface area contributed by atoms with Gasteiger partial charge in [0.2, 0.25) is 0 Å². The molecule has 0 spiro atoms. The first-order chi connectivity index (χ1) is 14.0. The van der Waals surface area contributed by atoms with Crippen molar-refractivity contribution in [3.63, 3.8) is 0 Å². The number of hydrogen-bond donors (Lipinski definition) is 3. The number of amides is 1. The van der Waals surface area contributed by atoms with Gasteiger partial charge in [0.1, 0.15) is 4.90 Å². The Hall–Kier alpha value is -2.63. The largest absolute Gasteiger partial charge is 0.478 e. The summed E-state index contributed by atoms with van der Waals surface area (Å²) in [5, 5.41) is 11.5. The minimum Gasteiger partial charge on any atom is -0.478 e. The third kappa shape index (κ3) is 5.10. The molecule has 0 unspecified atom stereocenters. The van der Waals surface area contributed by atoms with Crippen LogP contribution in [-0.4, -0.2) is 51.4 Å². The Morgan fingerprint density at radius 3 is 2.27 bits per heavy atom. The van der Waals surface area contributed by atoms with Gasteiger partial charge in [0.05, 0.1) is 22.1 Å². The maximum atomic E-state index is 12.6. The number of sulfonamides is 1. The Bertz CT molecular complexity index is 1210. The molecule has 30 heavy (non-hydrogen) atoms. The first kappa shape index (κ1) is 22.1. The number of benzene rings is 2. The van der Waals surface area contributed by atoms with Crippen LogP contribution in [0.25, 0.3) is 0 Å². The lowest BCUT2D eigenvalue weighted by molar-refractivity contribution is 0.0696. The van der Waals surface area contributed by atoms with Crippen molar-refractivity contribution in [2.75, 3.05) is 16.2 Å². The molecule has 0 bridgehead atoms. The fraction of sp³-hybridized carbons (Fsp3) is 0.222. The molecule has 3 rings (SSSR count). The SMILES string of the molecule is O=C(O)c1ccc(Cl)c(S(=O)(=O)Nc2ccc(C(=O)N[C@@H]3CCS(=O)(=O)C3)cc2)c1. The maximum absolute atomic E-state index is 12.6. The summed E-state index contributed by atoms with van der Waals surface area (Å²) in [5.41, 5.74) is 0.126. The molecule has 160 valence electrons. The molecule has 12 heteroatoms. The predicted octanol–water partition coefficient (Wildman–Crippen LogP) is 1.76. The number of carbonyl (C=O) groups is 2. The van der Waals surface area contributed by atoms with Gasteiger partial charge in [-0.15, -0.1) is 0 Å². The van der Waals surface area contributed by atoms with Crippen LogP contribution in [0.15, 0.2) is 47.4 Å². The van der Waals surface area contributed by atoms with E-state index in [-0.39, 0.29) is 33.3 Å². The lowest BCUT2D eigenvalue weighted by Crippen LogP contribution is -2.35. The molecule has 0 aromatic heterocycles. The van der Waals surface area contributed by atoms with Crippen LogP contribution in [0.1, 0.15) is 27.1 Å². The predicted molar refractivity (Wildman–Crippen MR) is 110 cm³/mol. The number of sulfone groups is 1. The van der Waals surface area contributed by atoms with Crippen LogP contribution in [-0.2, 0) is 19.9 Å². The number of carboxylic acids is 1. The van der Waals surface area contributed by atoms with Gasteiger partial charge in [0, 0.05) is 17.3 Å². The summed E-state index contributed by atoms with van der Waals surface area (Å²) in [5.74, 6) is -1.84. The standard InChI is InChI=1S/C18H17ClN2O7S2/c19-15-6-3-12(18(23)24)9-16(15)30(27,28)21-13-4-1-11(2-5-13)17(22)20-14-7-8-29(25,26)10-14/h1-6,9,14,21H,7-8,10H2,(H,20,22)(H,23,24)/t14-/m1/s1. The van der Waals surface area contributed by atoms with Crippen molar-refractivity contribution in [1.29, 1.82) is 0 Å². The fourth-order valence-corrected chi connectivity index (χ4v) is 6.18. The Labute approximate surface area is 178 Å². The first-order valence-corrected chi connectivity index (χ1v) is 12.3. The van der Waals surface area contributed by atoms with Gasteiger partial charge in [-0.3, -0.25) is 9.52 Å².